The van der Waals surface area contributed by atoms with Gasteiger partial charge in [0.25, 0.3) is 0 Å². The van der Waals surface area contributed by atoms with Crippen LogP contribution in [0.3, 0.4) is 0 Å². The number of carbonyl (C=O) groups excluding carboxylic acids is 1. The fourth-order valence-corrected chi connectivity index (χ4v) is 3.76. The average molecular weight is 350 g/mol. The molecule has 0 bridgehead atoms. The molecule has 4 rings (SSSR count). The Balaban J connectivity index is 1.47. The van der Waals surface area contributed by atoms with Crippen LogP contribution < -0.4 is 4.74 Å². The van der Waals surface area contributed by atoms with Crippen molar-refractivity contribution in [2.24, 2.45) is 11.8 Å². The molecule has 25 heavy (non-hydrogen) atoms. The Kier molecular flexibility index (Phi) is 4.41. The zero-order chi connectivity index (χ0) is 17.6. The second-order valence-corrected chi connectivity index (χ2v) is 6.53. The van der Waals surface area contributed by atoms with E-state index in [1.54, 1.807) is 14.0 Å². The molecular weight excluding hydrogens is 328 g/mol. The van der Waals surface area contributed by atoms with Crippen LogP contribution in [-0.4, -0.2) is 55.8 Å². The van der Waals surface area contributed by atoms with Crippen molar-refractivity contribution in [3.8, 4) is 5.75 Å². The van der Waals surface area contributed by atoms with Crippen LogP contribution in [0.25, 0.3) is 0 Å². The molecule has 3 fully saturated rings. The van der Waals surface area contributed by atoms with Gasteiger partial charge in [-0.2, -0.15) is 0 Å². The molecule has 1 unspecified atom stereocenters. The number of methoxy groups -OCH3 is 1. The average Bonchev–Trinajstić information content (AvgIpc) is 3.36. The molecule has 2 aliphatic heterocycles. The highest BCUT2D eigenvalue weighted by Gasteiger charge is 2.67. The van der Waals surface area contributed by atoms with Gasteiger partial charge in [-0.15, -0.1) is 0 Å². The number of carbonyl (C=O) groups is 1. The molecule has 136 valence electrons. The van der Waals surface area contributed by atoms with Crippen molar-refractivity contribution in [2.45, 2.75) is 37.6 Å². The summed E-state index contributed by atoms with van der Waals surface area (Å²) in [4.78, 5) is 12.0. The normalized spacial score (nSPS) is 39.1. The first-order valence-corrected chi connectivity index (χ1v) is 8.55. The molecule has 0 radical (unpaired) electrons. The van der Waals surface area contributed by atoms with E-state index in [4.69, 9.17) is 23.7 Å². The SMILES string of the molecule is CCOC(=O)[C@@H]1[C@H]2O[C@@H]3COC(c4cccc(OC)c4)O[C@H]3[C@H](O)[C@H]21. The lowest BCUT2D eigenvalue weighted by Gasteiger charge is -2.41. The molecule has 1 aromatic rings. The van der Waals surface area contributed by atoms with Crippen molar-refractivity contribution in [3.63, 3.8) is 0 Å². The van der Waals surface area contributed by atoms with Gasteiger partial charge in [0.05, 0.1) is 38.4 Å². The topological polar surface area (TPSA) is 83.5 Å². The lowest BCUT2D eigenvalue weighted by molar-refractivity contribution is -0.300. The maximum atomic E-state index is 12.0. The molecule has 0 amide bonds. The number of aliphatic hydroxyl groups is 1. The van der Waals surface area contributed by atoms with Crippen molar-refractivity contribution >= 4 is 5.97 Å². The number of fused-ring (bicyclic) bond motifs is 2. The van der Waals surface area contributed by atoms with Crippen molar-refractivity contribution in [1.82, 2.24) is 0 Å². The summed E-state index contributed by atoms with van der Waals surface area (Å²) in [6.45, 7) is 2.37. The molecule has 0 aromatic heterocycles. The van der Waals surface area contributed by atoms with Gasteiger partial charge in [0.1, 0.15) is 18.0 Å². The Morgan fingerprint density at radius 3 is 2.92 bits per heavy atom. The number of hydrogen-bond donors (Lipinski definition) is 1. The van der Waals surface area contributed by atoms with E-state index in [9.17, 15) is 9.90 Å². The lowest BCUT2D eigenvalue weighted by atomic mass is 9.99. The summed E-state index contributed by atoms with van der Waals surface area (Å²) in [5.41, 5.74) is 0.810. The van der Waals surface area contributed by atoms with Crippen LogP contribution in [0.15, 0.2) is 24.3 Å². The van der Waals surface area contributed by atoms with Crippen LogP contribution in [0.4, 0.5) is 0 Å². The van der Waals surface area contributed by atoms with Crippen LogP contribution >= 0.6 is 0 Å². The van der Waals surface area contributed by atoms with Gasteiger partial charge in [0.15, 0.2) is 6.29 Å². The van der Waals surface area contributed by atoms with Crippen LogP contribution in [0, 0.1) is 11.8 Å². The molecule has 7 atom stereocenters. The van der Waals surface area contributed by atoms with E-state index in [1.165, 1.54) is 0 Å². The summed E-state index contributed by atoms with van der Waals surface area (Å²) in [6, 6.07) is 7.41. The predicted molar refractivity (Wildman–Crippen MR) is 84.8 cm³/mol. The fraction of sp³-hybridized carbons (Fsp3) is 0.611. The third kappa shape index (κ3) is 2.91. The predicted octanol–water partition coefficient (Wildman–Crippen LogP) is 1.05. The first-order chi connectivity index (χ1) is 12.1. The van der Waals surface area contributed by atoms with E-state index >= 15 is 0 Å². The lowest BCUT2D eigenvalue weighted by Crippen LogP contribution is -2.53. The van der Waals surface area contributed by atoms with E-state index in [-0.39, 0.29) is 18.0 Å². The zero-order valence-corrected chi connectivity index (χ0v) is 14.2. The van der Waals surface area contributed by atoms with Crippen molar-refractivity contribution in [1.29, 1.82) is 0 Å². The van der Waals surface area contributed by atoms with E-state index in [0.29, 0.717) is 19.0 Å². The van der Waals surface area contributed by atoms with E-state index in [2.05, 4.69) is 0 Å². The third-order valence-corrected chi connectivity index (χ3v) is 5.05. The summed E-state index contributed by atoms with van der Waals surface area (Å²) in [7, 11) is 1.60. The molecule has 2 heterocycles. The number of rotatable bonds is 4. The van der Waals surface area contributed by atoms with Crippen LogP contribution in [0.1, 0.15) is 18.8 Å². The highest BCUT2D eigenvalue weighted by molar-refractivity contribution is 5.77. The van der Waals surface area contributed by atoms with Gasteiger partial charge in [0.2, 0.25) is 0 Å². The van der Waals surface area contributed by atoms with Crippen molar-refractivity contribution in [2.75, 3.05) is 20.3 Å². The number of aliphatic hydroxyl groups excluding tert-OH is 1. The summed E-state index contributed by atoms with van der Waals surface area (Å²) in [6.07, 6.45) is -2.62. The van der Waals surface area contributed by atoms with E-state index in [0.717, 1.165) is 5.56 Å². The van der Waals surface area contributed by atoms with Gasteiger partial charge in [-0.05, 0) is 19.1 Å². The second-order valence-electron chi connectivity index (χ2n) is 6.53. The maximum absolute atomic E-state index is 12.0. The minimum absolute atomic E-state index is 0.274. The Morgan fingerprint density at radius 2 is 2.16 bits per heavy atom. The quantitative estimate of drug-likeness (QED) is 0.813. The minimum atomic E-state index is -0.782. The third-order valence-electron chi connectivity index (χ3n) is 5.05. The molecule has 1 aromatic carbocycles. The molecular formula is C18H22O7. The van der Waals surface area contributed by atoms with Crippen LogP contribution in [-0.2, 0) is 23.7 Å². The van der Waals surface area contributed by atoms with Gasteiger partial charge < -0.3 is 28.8 Å². The largest absolute Gasteiger partial charge is 0.497 e. The summed E-state index contributed by atoms with van der Waals surface area (Å²) < 4.78 is 27.9. The van der Waals surface area contributed by atoms with Gasteiger partial charge in [-0.1, -0.05) is 12.1 Å². The van der Waals surface area contributed by atoms with E-state index in [1.807, 2.05) is 24.3 Å². The van der Waals surface area contributed by atoms with Crippen LogP contribution in [0.5, 0.6) is 5.75 Å². The zero-order valence-electron chi connectivity index (χ0n) is 14.2. The Labute approximate surface area is 145 Å². The molecule has 7 nitrogen and oxygen atoms in total. The van der Waals surface area contributed by atoms with Gasteiger partial charge >= 0.3 is 5.97 Å². The molecule has 3 aliphatic rings. The Bertz CT molecular complexity index is 648. The van der Waals surface area contributed by atoms with Crippen molar-refractivity contribution < 1.29 is 33.6 Å². The van der Waals surface area contributed by atoms with Crippen LogP contribution in [0.2, 0.25) is 0 Å². The first-order valence-electron chi connectivity index (χ1n) is 8.55. The smallest absolute Gasteiger partial charge is 0.312 e. The highest BCUT2D eigenvalue weighted by atomic mass is 16.7. The number of hydrogen-bond acceptors (Lipinski definition) is 7. The monoisotopic (exact) mass is 350 g/mol. The Morgan fingerprint density at radius 1 is 1.32 bits per heavy atom. The standard InChI is InChI=1S/C18H22O7/c1-3-22-17(20)13-12-14(19)15-11(24-16(12)13)8-23-18(25-15)9-5-4-6-10(7-9)21-2/h4-7,11-16,18-19H,3,8H2,1-2H3/t11-,12-,13+,14-,15-,16+,18?/m1/s1. The summed E-state index contributed by atoms with van der Waals surface area (Å²) in [5, 5.41) is 10.7. The number of ether oxygens (including phenoxy) is 5. The number of esters is 1. The van der Waals surface area contributed by atoms with E-state index < -0.39 is 30.5 Å². The molecule has 1 saturated carbocycles. The molecule has 1 aliphatic carbocycles. The first kappa shape index (κ1) is 16.8. The van der Waals surface area contributed by atoms with Gasteiger partial charge in [0, 0.05) is 11.5 Å². The van der Waals surface area contributed by atoms with Gasteiger partial charge in [-0.3, -0.25) is 4.79 Å². The summed E-state index contributed by atoms with van der Waals surface area (Å²) in [5.74, 6) is -0.305. The Hall–Kier alpha value is -1.67. The second kappa shape index (κ2) is 6.57. The fourth-order valence-electron chi connectivity index (χ4n) is 3.76. The minimum Gasteiger partial charge on any atom is -0.497 e. The molecule has 1 N–H and O–H groups in total. The number of benzene rings is 1. The van der Waals surface area contributed by atoms with Crippen molar-refractivity contribution in [3.05, 3.63) is 29.8 Å². The maximum Gasteiger partial charge on any atom is 0.312 e. The molecule has 2 saturated heterocycles. The summed E-state index contributed by atoms with van der Waals surface area (Å²) >= 11 is 0. The van der Waals surface area contributed by atoms with Gasteiger partial charge in [-0.25, -0.2) is 0 Å². The highest BCUT2D eigenvalue weighted by Crippen LogP contribution is 2.52. The molecule has 0 spiro atoms. The molecule has 7 heteroatoms.